The largest absolute Gasteiger partial charge is 0.495 e. The minimum Gasteiger partial charge on any atom is -0.495 e. The third-order valence-electron chi connectivity index (χ3n) is 4.05. The first-order chi connectivity index (χ1) is 14.5. The maximum absolute atomic E-state index is 13.0. The summed E-state index contributed by atoms with van der Waals surface area (Å²) in [5, 5.41) is -0.385. The molecule has 2 amide bonds. The van der Waals surface area contributed by atoms with E-state index in [-0.39, 0.29) is 11.8 Å². The van der Waals surface area contributed by atoms with Gasteiger partial charge in [0, 0.05) is 0 Å². The van der Waals surface area contributed by atoms with Crippen LogP contribution in [0.2, 0.25) is 0 Å². The van der Waals surface area contributed by atoms with Crippen LogP contribution in [-0.4, -0.2) is 31.5 Å². The Kier molecular flexibility index (Phi) is 7.29. The zero-order valence-corrected chi connectivity index (χ0v) is 19.3. The molecule has 0 N–H and O–H groups in total. The van der Waals surface area contributed by atoms with Crippen LogP contribution in [-0.2, 0) is 4.79 Å². The maximum atomic E-state index is 13.0. The Morgan fingerprint density at radius 2 is 1.97 bits per heavy atom. The number of carbonyl (C=O) groups excluding carboxylic acids is 2. The van der Waals surface area contributed by atoms with Crippen LogP contribution < -0.4 is 19.1 Å². The zero-order valence-electron chi connectivity index (χ0n) is 16.3. The molecule has 2 aromatic carbocycles. The van der Waals surface area contributed by atoms with Crippen molar-refractivity contribution in [1.82, 2.24) is 0 Å². The number of imide groups is 1. The molecule has 0 bridgehead atoms. The molecule has 6 nitrogen and oxygen atoms in total. The number of rotatable bonds is 7. The second-order valence-corrected chi connectivity index (χ2v) is 8.10. The lowest BCUT2D eigenvalue weighted by atomic mass is 10.1. The van der Waals surface area contributed by atoms with E-state index >= 15 is 0 Å². The van der Waals surface area contributed by atoms with Crippen LogP contribution >= 0.6 is 34.4 Å². The summed E-state index contributed by atoms with van der Waals surface area (Å²) in [6.45, 7) is 2.42. The van der Waals surface area contributed by atoms with Gasteiger partial charge in [-0.25, -0.2) is 4.90 Å². The number of hydrogen-bond acceptors (Lipinski definition) is 6. The second-order valence-electron chi connectivity index (χ2n) is 5.94. The molecular weight excluding hydrogens is 517 g/mol. The molecule has 1 aliphatic rings. The number of thioether (sulfide) groups is 1. The first kappa shape index (κ1) is 22.1. The van der Waals surface area contributed by atoms with Gasteiger partial charge in [0.1, 0.15) is 12.4 Å². The minimum absolute atomic E-state index is 0.118. The lowest BCUT2D eigenvalue weighted by molar-refractivity contribution is -0.113. The lowest BCUT2D eigenvalue weighted by Crippen LogP contribution is -2.28. The van der Waals surface area contributed by atoms with Crippen molar-refractivity contribution in [1.29, 1.82) is 0 Å². The molecule has 1 fully saturated rings. The Morgan fingerprint density at radius 3 is 2.67 bits per heavy atom. The monoisotopic (exact) mass is 535 g/mol. The van der Waals surface area contributed by atoms with Crippen molar-refractivity contribution in [2.45, 2.75) is 6.92 Å². The Bertz CT molecular complexity index is 1060. The standard InChI is InChI=1S/C22H18INO5S/c1-4-10-29-20-15(23)11-14(12-18(20)28-5-2)13-19-21(25)24(22(26)30-19)16-8-6-7-9-17(16)27-3/h1,6-9,11-13H,5,10H2,2-3H3/b19-13-. The third kappa shape index (κ3) is 4.57. The Labute approximate surface area is 192 Å². The molecular formula is C22H18INO5S. The van der Waals surface area contributed by atoms with Crippen molar-refractivity contribution >= 4 is 57.3 Å². The second kappa shape index (κ2) is 9.91. The van der Waals surface area contributed by atoms with Gasteiger partial charge in [-0.2, -0.15) is 0 Å². The van der Waals surface area contributed by atoms with Gasteiger partial charge < -0.3 is 14.2 Å². The highest BCUT2D eigenvalue weighted by molar-refractivity contribution is 14.1. The number of hydrogen-bond donors (Lipinski definition) is 0. The summed E-state index contributed by atoms with van der Waals surface area (Å²) in [6, 6.07) is 10.5. The highest BCUT2D eigenvalue weighted by Gasteiger charge is 2.37. The third-order valence-corrected chi connectivity index (χ3v) is 5.72. The number of methoxy groups -OCH3 is 1. The Hall–Kier alpha value is -2.64. The van der Waals surface area contributed by atoms with E-state index < -0.39 is 5.91 Å². The summed E-state index contributed by atoms with van der Waals surface area (Å²) >= 11 is 3.00. The molecule has 0 unspecified atom stereocenters. The number of benzene rings is 2. The summed E-state index contributed by atoms with van der Waals surface area (Å²) in [4.78, 5) is 27.0. The van der Waals surface area contributed by atoms with Gasteiger partial charge in [0.25, 0.3) is 11.1 Å². The molecule has 0 aromatic heterocycles. The van der Waals surface area contributed by atoms with E-state index in [4.69, 9.17) is 20.6 Å². The fraction of sp³-hybridized carbons (Fsp3) is 0.182. The average molecular weight is 535 g/mol. The van der Waals surface area contributed by atoms with Crippen molar-refractivity contribution in [3.63, 3.8) is 0 Å². The Balaban J connectivity index is 1.96. The smallest absolute Gasteiger partial charge is 0.298 e. The van der Waals surface area contributed by atoms with Crippen molar-refractivity contribution < 1.29 is 23.8 Å². The van der Waals surface area contributed by atoms with E-state index in [0.29, 0.717) is 40.0 Å². The van der Waals surface area contributed by atoms with Gasteiger partial charge in [-0.15, -0.1) is 6.42 Å². The SMILES string of the molecule is C#CCOc1c(I)cc(/C=C2\SC(=O)N(c3ccccc3OC)C2=O)cc1OCC. The molecule has 3 rings (SSSR count). The van der Waals surface area contributed by atoms with Gasteiger partial charge in [-0.3, -0.25) is 9.59 Å². The molecule has 0 atom stereocenters. The number of anilines is 1. The minimum atomic E-state index is -0.407. The van der Waals surface area contributed by atoms with E-state index in [2.05, 4.69) is 28.5 Å². The predicted molar refractivity (Wildman–Crippen MR) is 126 cm³/mol. The van der Waals surface area contributed by atoms with Gasteiger partial charge in [0.15, 0.2) is 11.5 Å². The van der Waals surface area contributed by atoms with Crippen LogP contribution in [0.5, 0.6) is 17.2 Å². The molecule has 1 saturated heterocycles. The van der Waals surface area contributed by atoms with Gasteiger partial charge in [-0.1, -0.05) is 18.1 Å². The summed E-state index contributed by atoms with van der Waals surface area (Å²) in [7, 11) is 1.49. The predicted octanol–water partition coefficient (Wildman–Crippen LogP) is 4.95. The van der Waals surface area contributed by atoms with E-state index in [0.717, 1.165) is 20.2 Å². The summed E-state index contributed by atoms with van der Waals surface area (Å²) in [6.07, 6.45) is 6.95. The fourth-order valence-corrected chi connectivity index (χ4v) is 4.44. The van der Waals surface area contributed by atoms with Crippen LogP contribution in [0.4, 0.5) is 10.5 Å². The molecule has 30 heavy (non-hydrogen) atoms. The number of terminal acetylenes is 1. The summed E-state index contributed by atoms with van der Waals surface area (Å²) in [5.74, 6) is 3.55. The van der Waals surface area contributed by atoms with Crippen molar-refractivity contribution in [3.8, 4) is 29.6 Å². The first-order valence-electron chi connectivity index (χ1n) is 8.93. The van der Waals surface area contributed by atoms with Crippen molar-refractivity contribution in [2.24, 2.45) is 0 Å². The van der Waals surface area contributed by atoms with Crippen molar-refractivity contribution in [3.05, 3.63) is 50.4 Å². The average Bonchev–Trinajstić information content (AvgIpc) is 3.00. The first-order valence-corrected chi connectivity index (χ1v) is 10.8. The fourth-order valence-electron chi connectivity index (χ4n) is 2.83. The molecule has 1 heterocycles. The molecule has 2 aromatic rings. The Morgan fingerprint density at radius 1 is 1.20 bits per heavy atom. The molecule has 0 saturated carbocycles. The number of carbonyl (C=O) groups is 2. The molecule has 0 aliphatic carbocycles. The zero-order chi connectivity index (χ0) is 21.7. The molecule has 0 radical (unpaired) electrons. The highest BCUT2D eigenvalue weighted by atomic mass is 127. The van der Waals surface area contributed by atoms with Gasteiger partial charge in [0.05, 0.1) is 27.9 Å². The van der Waals surface area contributed by atoms with Crippen LogP contribution in [0.1, 0.15) is 12.5 Å². The van der Waals surface area contributed by atoms with E-state index in [9.17, 15) is 9.59 Å². The number of para-hydroxylation sites is 2. The lowest BCUT2D eigenvalue weighted by Gasteiger charge is -2.15. The molecule has 0 spiro atoms. The van der Waals surface area contributed by atoms with Gasteiger partial charge >= 0.3 is 0 Å². The van der Waals surface area contributed by atoms with E-state index in [1.807, 2.05) is 13.0 Å². The van der Waals surface area contributed by atoms with Crippen molar-refractivity contribution in [2.75, 3.05) is 25.2 Å². The number of halogens is 1. The number of ether oxygens (including phenoxy) is 3. The van der Waals surface area contributed by atoms with E-state index in [1.54, 1.807) is 36.4 Å². The summed E-state index contributed by atoms with van der Waals surface area (Å²) < 4.78 is 17.3. The number of nitrogens with zero attached hydrogens (tertiary/aromatic N) is 1. The molecule has 154 valence electrons. The van der Waals surface area contributed by atoms with Crippen LogP contribution in [0, 0.1) is 15.9 Å². The highest BCUT2D eigenvalue weighted by Crippen LogP contribution is 2.41. The quantitative estimate of drug-likeness (QED) is 0.284. The van der Waals surface area contributed by atoms with Gasteiger partial charge in [0.2, 0.25) is 0 Å². The molecule has 1 aliphatic heterocycles. The summed E-state index contributed by atoms with van der Waals surface area (Å²) in [5.41, 5.74) is 1.12. The topological polar surface area (TPSA) is 65.1 Å². The normalized spacial score (nSPS) is 14.7. The van der Waals surface area contributed by atoms with Crippen LogP contribution in [0.25, 0.3) is 6.08 Å². The number of amides is 2. The van der Waals surface area contributed by atoms with Gasteiger partial charge in [-0.05, 0) is 77.2 Å². The van der Waals surface area contributed by atoms with E-state index in [1.165, 1.54) is 7.11 Å². The molecule has 8 heteroatoms. The maximum Gasteiger partial charge on any atom is 0.298 e. The van der Waals surface area contributed by atoms with Crippen LogP contribution in [0.3, 0.4) is 0 Å². The van der Waals surface area contributed by atoms with Crippen LogP contribution in [0.15, 0.2) is 41.3 Å².